The summed E-state index contributed by atoms with van der Waals surface area (Å²) >= 11 is 6.20. The Bertz CT molecular complexity index is 522. The highest BCUT2D eigenvalue weighted by atomic mass is 35.5. The predicted octanol–water partition coefficient (Wildman–Crippen LogP) is 4.95. The Kier molecular flexibility index (Phi) is 8.93. The van der Waals surface area contributed by atoms with E-state index in [4.69, 9.17) is 11.6 Å². The first-order valence-corrected chi connectivity index (χ1v) is 9.09. The van der Waals surface area contributed by atoms with Crippen LogP contribution in [-0.4, -0.2) is 17.7 Å². The van der Waals surface area contributed by atoms with E-state index >= 15 is 0 Å². The third kappa shape index (κ3) is 5.98. The molecule has 23 heavy (non-hydrogen) atoms. The summed E-state index contributed by atoms with van der Waals surface area (Å²) in [6.45, 7) is 5.83. The van der Waals surface area contributed by atoms with E-state index in [0.29, 0.717) is 17.0 Å². The lowest BCUT2D eigenvalue weighted by Gasteiger charge is -2.23. The second-order valence-electron chi connectivity index (χ2n) is 5.65. The zero-order chi connectivity index (χ0) is 17.2. The first kappa shape index (κ1) is 19.7. The van der Waals surface area contributed by atoms with Crippen LogP contribution in [0, 0.1) is 0 Å². The molecule has 0 atom stereocenters. The highest BCUT2D eigenvalue weighted by Crippen LogP contribution is 2.23. The molecule has 0 bridgehead atoms. The Balaban J connectivity index is 0.00000127. The van der Waals surface area contributed by atoms with Gasteiger partial charge in [-0.2, -0.15) is 0 Å². The summed E-state index contributed by atoms with van der Waals surface area (Å²) in [7, 11) is 0. The fourth-order valence-corrected chi connectivity index (χ4v) is 3.09. The van der Waals surface area contributed by atoms with Crippen LogP contribution in [-0.2, 0) is 11.2 Å². The maximum atomic E-state index is 12.5. The van der Waals surface area contributed by atoms with Gasteiger partial charge in [0.15, 0.2) is 0 Å². The number of hydrogen-bond donors (Lipinski definition) is 1. The Morgan fingerprint density at radius 1 is 1.17 bits per heavy atom. The first-order chi connectivity index (χ1) is 11.1. The number of halogens is 1. The van der Waals surface area contributed by atoms with E-state index in [1.165, 1.54) is 6.42 Å². The summed E-state index contributed by atoms with van der Waals surface area (Å²) in [5.41, 5.74) is 1.19. The molecule has 3 nitrogen and oxygen atoms in total. The molecule has 0 unspecified atom stereocenters. The number of carbonyl (C=O) groups is 2. The van der Waals surface area contributed by atoms with Gasteiger partial charge in [-0.3, -0.25) is 9.59 Å². The maximum absolute atomic E-state index is 12.5. The lowest BCUT2D eigenvalue weighted by Crippen LogP contribution is -2.36. The van der Waals surface area contributed by atoms with Gasteiger partial charge in [0.25, 0.3) is 5.91 Å². The Hall–Kier alpha value is -1.35. The van der Waals surface area contributed by atoms with Crippen molar-refractivity contribution in [2.75, 3.05) is 0 Å². The predicted molar refractivity (Wildman–Crippen MR) is 96.1 cm³/mol. The molecule has 0 aromatic heterocycles. The van der Waals surface area contributed by atoms with Crippen LogP contribution in [0.15, 0.2) is 18.2 Å². The number of nitrogens with one attached hydrogen (secondary N) is 1. The highest BCUT2D eigenvalue weighted by molar-refractivity contribution is 6.34. The fourth-order valence-electron chi connectivity index (χ4n) is 2.81. The molecule has 1 N–H and O–H groups in total. The summed E-state index contributed by atoms with van der Waals surface area (Å²) in [4.78, 5) is 24.2. The van der Waals surface area contributed by atoms with E-state index in [0.717, 1.165) is 31.2 Å². The molecule has 1 saturated carbocycles. The minimum Gasteiger partial charge on any atom is -0.349 e. The van der Waals surface area contributed by atoms with Crippen molar-refractivity contribution in [2.24, 2.45) is 0 Å². The van der Waals surface area contributed by atoms with Crippen molar-refractivity contribution in [2.45, 2.75) is 71.8 Å². The van der Waals surface area contributed by atoms with Crippen LogP contribution in [0.4, 0.5) is 0 Å². The topological polar surface area (TPSA) is 46.2 Å². The normalized spacial score (nSPS) is 14.6. The van der Waals surface area contributed by atoms with Crippen molar-refractivity contribution in [1.82, 2.24) is 5.32 Å². The molecule has 0 heterocycles. The SMILES string of the molecule is CC.CCC(=O)Cc1cccc(Cl)c1C(=O)NC1CCCCC1. The number of hydrogen-bond acceptors (Lipinski definition) is 2. The highest BCUT2D eigenvalue weighted by Gasteiger charge is 2.21. The standard InChI is InChI=1S/C17H22ClNO2.C2H6/c1-2-14(20)11-12-7-6-10-15(18)16(12)17(21)19-13-8-4-3-5-9-13;1-2/h6-7,10,13H,2-5,8-9,11H2,1H3,(H,19,21);1-2H3. The van der Waals surface area contributed by atoms with Gasteiger partial charge in [-0.25, -0.2) is 0 Å². The maximum Gasteiger partial charge on any atom is 0.253 e. The van der Waals surface area contributed by atoms with Gasteiger partial charge in [-0.15, -0.1) is 0 Å². The third-order valence-electron chi connectivity index (χ3n) is 4.05. The molecule has 1 amide bonds. The number of ketones is 1. The van der Waals surface area contributed by atoms with Crippen molar-refractivity contribution in [3.05, 3.63) is 34.3 Å². The molecule has 1 fully saturated rings. The molecule has 0 radical (unpaired) electrons. The summed E-state index contributed by atoms with van der Waals surface area (Å²) in [6, 6.07) is 5.54. The van der Waals surface area contributed by atoms with E-state index in [2.05, 4.69) is 5.32 Å². The smallest absolute Gasteiger partial charge is 0.253 e. The third-order valence-corrected chi connectivity index (χ3v) is 4.36. The van der Waals surface area contributed by atoms with Gasteiger partial charge in [-0.1, -0.05) is 63.8 Å². The molecule has 0 saturated heterocycles. The zero-order valence-corrected chi connectivity index (χ0v) is 15.2. The monoisotopic (exact) mass is 337 g/mol. The van der Waals surface area contributed by atoms with Crippen LogP contribution in [0.25, 0.3) is 0 Å². The van der Waals surface area contributed by atoms with Crippen LogP contribution in [0.2, 0.25) is 5.02 Å². The minimum atomic E-state index is -0.147. The van der Waals surface area contributed by atoms with Gasteiger partial charge in [0.05, 0.1) is 10.6 Å². The van der Waals surface area contributed by atoms with Crippen LogP contribution >= 0.6 is 11.6 Å². The van der Waals surface area contributed by atoms with Gasteiger partial charge >= 0.3 is 0 Å². The van der Waals surface area contributed by atoms with E-state index in [9.17, 15) is 9.59 Å². The average Bonchev–Trinajstić information content (AvgIpc) is 2.57. The Morgan fingerprint density at radius 2 is 1.83 bits per heavy atom. The van der Waals surface area contributed by atoms with E-state index in [1.807, 2.05) is 26.8 Å². The second kappa shape index (κ2) is 10.4. The molecule has 2 rings (SSSR count). The first-order valence-electron chi connectivity index (χ1n) is 8.71. The molecule has 128 valence electrons. The Labute approximate surface area is 144 Å². The van der Waals surface area contributed by atoms with Crippen LogP contribution < -0.4 is 5.32 Å². The summed E-state index contributed by atoms with van der Waals surface area (Å²) in [6.07, 6.45) is 6.36. The molecule has 4 heteroatoms. The van der Waals surface area contributed by atoms with E-state index in [-0.39, 0.29) is 24.2 Å². The molecular weight excluding hydrogens is 310 g/mol. The van der Waals surface area contributed by atoms with Gasteiger partial charge in [0, 0.05) is 18.9 Å². The number of rotatable bonds is 5. The molecule has 1 aliphatic rings. The van der Waals surface area contributed by atoms with Crippen molar-refractivity contribution < 1.29 is 9.59 Å². The van der Waals surface area contributed by atoms with Crippen LogP contribution in [0.3, 0.4) is 0 Å². The van der Waals surface area contributed by atoms with Crippen LogP contribution in [0.1, 0.15) is 75.2 Å². The average molecular weight is 338 g/mol. The van der Waals surface area contributed by atoms with E-state index < -0.39 is 0 Å². The lowest BCUT2D eigenvalue weighted by atomic mass is 9.94. The van der Waals surface area contributed by atoms with Gasteiger partial charge < -0.3 is 5.32 Å². The van der Waals surface area contributed by atoms with E-state index in [1.54, 1.807) is 12.1 Å². The number of amides is 1. The molecule has 0 spiro atoms. The van der Waals surface area contributed by atoms with Gasteiger partial charge in [0.2, 0.25) is 0 Å². The van der Waals surface area contributed by atoms with Crippen molar-refractivity contribution >= 4 is 23.3 Å². The zero-order valence-electron chi connectivity index (χ0n) is 14.5. The minimum absolute atomic E-state index is 0.115. The Morgan fingerprint density at radius 3 is 2.43 bits per heavy atom. The lowest BCUT2D eigenvalue weighted by molar-refractivity contribution is -0.118. The molecule has 1 aromatic rings. The fraction of sp³-hybridized carbons (Fsp3) is 0.579. The largest absolute Gasteiger partial charge is 0.349 e. The van der Waals surface area contributed by atoms with Gasteiger partial charge in [-0.05, 0) is 24.5 Å². The molecule has 1 aromatic carbocycles. The quantitative estimate of drug-likeness (QED) is 0.826. The van der Waals surface area contributed by atoms with Gasteiger partial charge in [0.1, 0.15) is 5.78 Å². The second-order valence-corrected chi connectivity index (χ2v) is 6.06. The molecular formula is C19H28ClNO2. The number of Topliss-reactive ketones (excluding diaryl/α,β-unsaturated/α-hetero) is 1. The van der Waals surface area contributed by atoms with Crippen molar-refractivity contribution in [3.8, 4) is 0 Å². The summed E-state index contributed by atoms with van der Waals surface area (Å²) in [5, 5.41) is 3.49. The molecule has 1 aliphatic carbocycles. The number of carbonyl (C=O) groups excluding carboxylic acids is 2. The molecule has 0 aliphatic heterocycles. The summed E-state index contributed by atoms with van der Waals surface area (Å²) in [5.74, 6) is -0.0320. The van der Waals surface area contributed by atoms with Crippen molar-refractivity contribution in [3.63, 3.8) is 0 Å². The number of benzene rings is 1. The van der Waals surface area contributed by atoms with Crippen LogP contribution in [0.5, 0.6) is 0 Å². The van der Waals surface area contributed by atoms with Crippen molar-refractivity contribution in [1.29, 1.82) is 0 Å². The summed E-state index contributed by atoms with van der Waals surface area (Å²) < 4.78 is 0.